The summed E-state index contributed by atoms with van der Waals surface area (Å²) in [6.07, 6.45) is -0.100. The van der Waals surface area contributed by atoms with E-state index in [4.69, 9.17) is 9.47 Å². The number of hydrogen-bond donors (Lipinski definition) is 1. The highest BCUT2D eigenvalue weighted by Gasteiger charge is 2.28. The summed E-state index contributed by atoms with van der Waals surface area (Å²) in [5.74, 6) is -0.383. The van der Waals surface area contributed by atoms with Crippen LogP contribution in [0.3, 0.4) is 0 Å². The average Bonchev–Trinajstić information content (AvgIpc) is 2.72. The minimum absolute atomic E-state index is 0.364. The number of esters is 1. The predicted molar refractivity (Wildman–Crippen MR) is 63.8 cm³/mol. The number of halogens is 1. The average molecular weight is 253 g/mol. The zero-order valence-corrected chi connectivity index (χ0v) is 10.2. The van der Waals surface area contributed by atoms with Crippen molar-refractivity contribution in [2.24, 2.45) is 0 Å². The molecular formula is C13H16FNO3. The molecule has 1 N–H and O–H groups in total. The number of ether oxygens (including phenoxy) is 2. The molecule has 0 saturated carbocycles. The minimum Gasteiger partial charge on any atom is -0.478 e. The maximum atomic E-state index is 13.4. The lowest BCUT2D eigenvalue weighted by Crippen LogP contribution is -2.22. The Morgan fingerprint density at radius 3 is 3.00 bits per heavy atom. The molecule has 1 fully saturated rings. The third-order valence-electron chi connectivity index (χ3n) is 2.68. The van der Waals surface area contributed by atoms with Gasteiger partial charge in [0, 0.05) is 19.0 Å². The van der Waals surface area contributed by atoms with Gasteiger partial charge in [-0.1, -0.05) is 6.92 Å². The quantitative estimate of drug-likeness (QED) is 0.810. The van der Waals surface area contributed by atoms with Crippen molar-refractivity contribution < 1.29 is 18.7 Å². The summed E-state index contributed by atoms with van der Waals surface area (Å²) in [5, 5.41) is 3.11. The van der Waals surface area contributed by atoms with E-state index in [9.17, 15) is 9.18 Å². The van der Waals surface area contributed by atoms with E-state index in [2.05, 4.69) is 5.32 Å². The SMILES string of the molecule is CCNCc1cc(F)cc(OC2CCOC2=O)c1. The Bertz CT molecular complexity index is 436. The third kappa shape index (κ3) is 3.20. The van der Waals surface area contributed by atoms with Crippen LogP contribution >= 0.6 is 0 Å². The van der Waals surface area contributed by atoms with E-state index >= 15 is 0 Å². The van der Waals surface area contributed by atoms with Crippen LogP contribution in [0, 0.1) is 5.82 Å². The predicted octanol–water partition coefficient (Wildman–Crippen LogP) is 1.63. The second-order valence-electron chi connectivity index (χ2n) is 4.14. The van der Waals surface area contributed by atoms with Gasteiger partial charge in [-0.15, -0.1) is 0 Å². The molecule has 0 aromatic heterocycles. The van der Waals surface area contributed by atoms with Gasteiger partial charge >= 0.3 is 5.97 Å². The second kappa shape index (κ2) is 5.82. The molecule has 0 bridgehead atoms. The molecule has 1 atom stereocenters. The fraction of sp³-hybridized carbons (Fsp3) is 0.462. The number of carbonyl (C=O) groups is 1. The first-order valence-electron chi connectivity index (χ1n) is 6.02. The van der Waals surface area contributed by atoms with Crippen LogP contribution in [0.4, 0.5) is 4.39 Å². The van der Waals surface area contributed by atoms with Crippen LogP contribution in [0.2, 0.25) is 0 Å². The molecule has 1 aromatic carbocycles. The molecule has 1 aliphatic rings. The molecular weight excluding hydrogens is 237 g/mol. The van der Waals surface area contributed by atoms with Gasteiger partial charge in [-0.25, -0.2) is 9.18 Å². The van der Waals surface area contributed by atoms with Crippen LogP contribution in [0.5, 0.6) is 5.75 Å². The Balaban J connectivity index is 2.07. The second-order valence-corrected chi connectivity index (χ2v) is 4.14. The Labute approximate surface area is 105 Å². The summed E-state index contributed by atoms with van der Waals surface area (Å²) in [5.41, 5.74) is 0.790. The standard InChI is InChI=1S/C13H16FNO3/c1-2-15-8-9-5-10(14)7-11(6-9)18-12-3-4-17-13(12)16/h5-7,12,15H,2-4,8H2,1H3. The number of cyclic esters (lactones) is 1. The Kier molecular flexibility index (Phi) is 4.15. The van der Waals surface area contributed by atoms with Gasteiger partial charge in [0.15, 0.2) is 6.10 Å². The Morgan fingerprint density at radius 2 is 2.33 bits per heavy atom. The van der Waals surface area contributed by atoms with Crippen LogP contribution in [-0.2, 0) is 16.1 Å². The number of hydrogen-bond acceptors (Lipinski definition) is 4. The van der Waals surface area contributed by atoms with Crippen LogP contribution < -0.4 is 10.1 Å². The molecule has 0 aliphatic carbocycles. The first-order chi connectivity index (χ1) is 8.69. The van der Waals surface area contributed by atoms with Gasteiger partial charge in [0.05, 0.1) is 6.61 Å². The third-order valence-corrected chi connectivity index (χ3v) is 2.68. The molecule has 98 valence electrons. The molecule has 1 aliphatic heterocycles. The van der Waals surface area contributed by atoms with Gasteiger partial charge < -0.3 is 14.8 Å². The van der Waals surface area contributed by atoms with E-state index in [1.165, 1.54) is 12.1 Å². The van der Waals surface area contributed by atoms with Crippen LogP contribution in [0.1, 0.15) is 18.9 Å². The normalized spacial score (nSPS) is 18.8. The van der Waals surface area contributed by atoms with Gasteiger partial charge in [-0.2, -0.15) is 0 Å². The van der Waals surface area contributed by atoms with Crippen molar-refractivity contribution in [2.45, 2.75) is 26.0 Å². The Hall–Kier alpha value is -1.62. The molecule has 0 amide bonds. The number of rotatable bonds is 5. The molecule has 0 spiro atoms. The maximum Gasteiger partial charge on any atom is 0.347 e. The molecule has 1 saturated heterocycles. The lowest BCUT2D eigenvalue weighted by Gasteiger charge is -2.11. The summed E-state index contributed by atoms with van der Waals surface area (Å²) in [6, 6.07) is 4.46. The largest absolute Gasteiger partial charge is 0.478 e. The van der Waals surface area contributed by atoms with E-state index in [1.54, 1.807) is 6.07 Å². The Morgan fingerprint density at radius 1 is 1.50 bits per heavy atom. The molecule has 1 aromatic rings. The number of benzene rings is 1. The summed E-state index contributed by atoms with van der Waals surface area (Å²) in [4.78, 5) is 11.3. The highest BCUT2D eigenvalue weighted by molar-refractivity contribution is 5.76. The first-order valence-corrected chi connectivity index (χ1v) is 6.02. The smallest absolute Gasteiger partial charge is 0.347 e. The zero-order chi connectivity index (χ0) is 13.0. The van der Waals surface area contributed by atoms with Crippen molar-refractivity contribution in [3.05, 3.63) is 29.6 Å². The van der Waals surface area contributed by atoms with Crippen molar-refractivity contribution in [3.63, 3.8) is 0 Å². The molecule has 0 radical (unpaired) electrons. The summed E-state index contributed by atoms with van der Waals surface area (Å²) in [6.45, 7) is 3.72. The lowest BCUT2D eigenvalue weighted by atomic mass is 10.2. The van der Waals surface area contributed by atoms with Crippen LogP contribution in [0.15, 0.2) is 18.2 Å². The highest BCUT2D eigenvalue weighted by Crippen LogP contribution is 2.21. The summed E-state index contributed by atoms with van der Waals surface area (Å²) < 4.78 is 23.6. The topological polar surface area (TPSA) is 47.6 Å². The summed E-state index contributed by atoms with van der Waals surface area (Å²) >= 11 is 0. The molecule has 4 nitrogen and oxygen atoms in total. The summed E-state index contributed by atoms with van der Waals surface area (Å²) in [7, 11) is 0. The first kappa shape index (κ1) is 12.8. The van der Waals surface area contributed by atoms with Crippen molar-refractivity contribution in [1.29, 1.82) is 0 Å². The van der Waals surface area contributed by atoms with E-state index in [0.29, 0.717) is 25.3 Å². The van der Waals surface area contributed by atoms with E-state index < -0.39 is 6.10 Å². The molecule has 1 unspecified atom stereocenters. The molecule has 5 heteroatoms. The van der Waals surface area contributed by atoms with Gasteiger partial charge in [-0.3, -0.25) is 0 Å². The fourth-order valence-corrected chi connectivity index (χ4v) is 1.81. The molecule has 18 heavy (non-hydrogen) atoms. The lowest BCUT2D eigenvalue weighted by molar-refractivity contribution is -0.143. The van der Waals surface area contributed by atoms with Crippen molar-refractivity contribution in [1.82, 2.24) is 5.32 Å². The monoisotopic (exact) mass is 253 g/mol. The minimum atomic E-state index is -0.612. The van der Waals surface area contributed by atoms with Crippen molar-refractivity contribution in [2.75, 3.05) is 13.2 Å². The van der Waals surface area contributed by atoms with Crippen molar-refractivity contribution >= 4 is 5.97 Å². The molecule has 2 rings (SSSR count). The van der Waals surface area contributed by atoms with Gasteiger partial charge in [0.1, 0.15) is 11.6 Å². The van der Waals surface area contributed by atoms with Gasteiger partial charge in [-0.05, 0) is 24.2 Å². The van der Waals surface area contributed by atoms with Crippen LogP contribution in [0.25, 0.3) is 0 Å². The highest BCUT2D eigenvalue weighted by atomic mass is 19.1. The number of carbonyl (C=O) groups excluding carboxylic acids is 1. The van der Waals surface area contributed by atoms with Gasteiger partial charge in [0.2, 0.25) is 0 Å². The van der Waals surface area contributed by atoms with E-state index in [-0.39, 0.29) is 11.8 Å². The van der Waals surface area contributed by atoms with Crippen molar-refractivity contribution in [3.8, 4) is 5.75 Å². The van der Waals surface area contributed by atoms with E-state index in [1.807, 2.05) is 6.92 Å². The fourth-order valence-electron chi connectivity index (χ4n) is 1.81. The van der Waals surface area contributed by atoms with Crippen LogP contribution in [-0.4, -0.2) is 25.2 Å². The van der Waals surface area contributed by atoms with E-state index in [0.717, 1.165) is 12.1 Å². The maximum absolute atomic E-state index is 13.4. The zero-order valence-electron chi connectivity index (χ0n) is 10.2. The number of nitrogens with one attached hydrogen (secondary N) is 1. The van der Waals surface area contributed by atoms with Gasteiger partial charge in [0.25, 0.3) is 0 Å². The molecule has 1 heterocycles.